The summed E-state index contributed by atoms with van der Waals surface area (Å²) in [6.07, 6.45) is 4.54. The molecular weight excluding hydrogens is 428 g/mol. The Morgan fingerprint density at radius 3 is 2.53 bits per heavy atom. The Bertz CT molecular complexity index is 894. The fraction of sp³-hybridized carbons (Fsp3) is 0.667. The topological polar surface area (TPSA) is 90.5 Å². The van der Waals surface area contributed by atoms with Crippen LogP contribution in [0.2, 0.25) is 0 Å². The van der Waals surface area contributed by atoms with Gasteiger partial charge in [0.1, 0.15) is 12.1 Å². The second-order valence-electron chi connectivity index (χ2n) is 11.0. The molecule has 2 aliphatic rings. The molecule has 5 atom stereocenters. The van der Waals surface area contributed by atoms with Crippen LogP contribution in [0.4, 0.5) is 0 Å². The fourth-order valence-corrected chi connectivity index (χ4v) is 5.10. The van der Waals surface area contributed by atoms with Crippen molar-refractivity contribution in [1.82, 2.24) is 20.9 Å². The number of likely N-dealkylation sites (N-methyl/N-ethyl adjacent to an activating group) is 1. The van der Waals surface area contributed by atoms with Gasteiger partial charge < -0.3 is 20.9 Å². The number of aryl methyl sites for hydroxylation is 1. The molecule has 1 aromatic rings. The second kappa shape index (κ2) is 10.9. The molecule has 1 aromatic carbocycles. The van der Waals surface area contributed by atoms with Crippen LogP contribution in [0.25, 0.3) is 0 Å². The van der Waals surface area contributed by atoms with Crippen molar-refractivity contribution in [2.45, 2.75) is 90.9 Å². The number of fused-ring (bicyclic) bond motifs is 1. The zero-order valence-corrected chi connectivity index (χ0v) is 21.6. The number of amides is 3. The molecule has 1 heterocycles. The first-order valence-corrected chi connectivity index (χ1v) is 12.7. The van der Waals surface area contributed by atoms with Gasteiger partial charge in [0.05, 0.1) is 12.1 Å². The van der Waals surface area contributed by atoms with Crippen molar-refractivity contribution in [2.75, 3.05) is 13.6 Å². The summed E-state index contributed by atoms with van der Waals surface area (Å²) >= 11 is 0. The molecule has 0 radical (unpaired) electrons. The van der Waals surface area contributed by atoms with Gasteiger partial charge in [0.25, 0.3) is 0 Å². The van der Waals surface area contributed by atoms with Crippen molar-refractivity contribution >= 4 is 17.7 Å². The smallest absolute Gasteiger partial charge is 0.246 e. The molecule has 7 heteroatoms. The van der Waals surface area contributed by atoms with Crippen LogP contribution in [0.15, 0.2) is 24.3 Å². The maximum absolute atomic E-state index is 13.8. The average Bonchev–Trinajstić information content (AvgIpc) is 3.25. The molecule has 0 unspecified atom stereocenters. The summed E-state index contributed by atoms with van der Waals surface area (Å²) in [5.74, 6) is -0.217. The molecule has 3 amide bonds. The van der Waals surface area contributed by atoms with Crippen LogP contribution in [0.5, 0.6) is 0 Å². The normalized spacial score (nSPS) is 24.2. The number of benzene rings is 1. The van der Waals surface area contributed by atoms with Crippen LogP contribution in [-0.2, 0) is 20.8 Å². The van der Waals surface area contributed by atoms with Crippen molar-refractivity contribution in [3.63, 3.8) is 0 Å². The predicted octanol–water partition coefficient (Wildman–Crippen LogP) is 2.95. The number of rotatable bonds is 7. The standard InChI is InChI=1S/C27H42N4O3/c1-7-18-15-22(25(33)29-21-14-10-12-19-11-8-9-13-20(19)21)31(16-18)26(34)23(27(3,4)5)30-24(32)17(2)28-6/h8-9,11,13,17-18,21-23,28H,7,10,12,14-16H2,1-6H3,(H,29,33)(H,30,32)/t17-,18-,21+,22-,23+/m0/s1. The van der Waals surface area contributed by atoms with Gasteiger partial charge in [0, 0.05) is 6.54 Å². The van der Waals surface area contributed by atoms with Gasteiger partial charge in [-0.2, -0.15) is 0 Å². The Balaban J connectivity index is 1.81. The number of hydrogen-bond acceptors (Lipinski definition) is 4. The summed E-state index contributed by atoms with van der Waals surface area (Å²) < 4.78 is 0. The van der Waals surface area contributed by atoms with E-state index in [1.54, 1.807) is 18.9 Å². The number of hydrogen-bond donors (Lipinski definition) is 3. The van der Waals surface area contributed by atoms with E-state index in [0.29, 0.717) is 13.0 Å². The summed E-state index contributed by atoms with van der Waals surface area (Å²) in [6.45, 7) is 10.2. The molecular formula is C27H42N4O3. The molecule has 3 rings (SSSR count). The van der Waals surface area contributed by atoms with Crippen LogP contribution in [0, 0.1) is 11.3 Å². The highest BCUT2D eigenvalue weighted by Crippen LogP contribution is 2.33. The van der Waals surface area contributed by atoms with E-state index >= 15 is 0 Å². The SMILES string of the molecule is CC[C@H]1C[C@@H](C(=O)N[C@@H]2CCCc3ccccc32)N(C(=O)[C@@H](NC(=O)[C@H](C)NC)C(C)(C)C)C1. The van der Waals surface area contributed by atoms with E-state index in [-0.39, 0.29) is 29.7 Å². The molecule has 0 bridgehead atoms. The van der Waals surface area contributed by atoms with Gasteiger partial charge in [-0.1, -0.05) is 58.4 Å². The Kier molecular flexibility index (Phi) is 8.39. The molecule has 1 aliphatic heterocycles. The Morgan fingerprint density at radius 1 is 1.18 bits per heavy atom. The highest BCUT2D eigenvalue weighted by atomic mass is 16.2. The summed E-state index contributed by atoms with van der Waals surface area (Å²) in [4.78, 5) is 41.7. The molecule has 1 aliphatic carbocycles. The Morgan fingerprint density at radius 2 is 1.88 bits per heavy atom. The van der Waals surface area contributed by atoms with Crippen molar-refractivity contribution in [1.29, 1.82) is 0 Å². The highest BCUT2D eigenvalue weighted by Gasteiger charge is 2.45. The van der Waals surface area contributed by atoms with Crippen LogP contribution in [0.3, 0.4) is 0 Å². The molecule has 0 saturated carbocycles. The first kappa shape index (κ1) is 26.2. The minimum atomic E-state index is -0.711. The number of nitrogens with one attached hydrogen (secondary N) is 3. The fourth-order valence-electron chi connectivity index (χ4n) is 5.10. The molecule has 1 saturated heterocycles. The molecule has 7 nitrogen and oxygen atoms in total. The predicted molar refractivity (Wildman–Crippen MR) is 134 cm³/mol. The second-order valence-corrected chi connectivity index (χ2v) is 11.0. The third-order valence-electron chi connectivity index (χ3n) is 7.46. The third kappa shape index (κ3) is 5.80. The lowest BCUT2D eigenvalue weighted by atomic mass is 9.85. The zero-order valence-electron chi connectivity index (χ0n) is 21.6. The van der Waals surface area contributed by atoms with Gasteiger partial charge >= 0.3 is 0 Å². The van der Waals surface area contributed by atoms with Gasteiger partial charge in [0.15, 0.2) is 0 Å². The van der Waals surface area contributed by atoms with Crippen molar-refractivity contribution < 1.29 is 14.4 Å². The van der Waals surface area contributed by atoms with E-state index in [2.05, 4.69) is 35.0 Å². The van der Waals surface area contributed by atoms with Crippen LogP contribution in [-0.4, -0.2) is 54.3 Å². The Hall–Kier alpha value is -2.41. The first-order chi connectivity index (χ1) is 16.1. The van der Waals surface area contributed by atoms with E-state index in [0.717, 1.165) is 25.7 Å². The van der Waals surface area contributed by atoms with Gasteiger partial charge in [-0.25, -0.2) is 0 Å². The lowest BCUT2D eigenvalue weighted by Gasteiger charge is -2.36. The van der Waals surface area contributed by atoms with E-state index in [4.69, 9.17) is 0 Å². The third-order valence-corrected chi connectivity index (χ3v) is 7.46. The minimum absolute atomic E-state index is 0.0235. The first-order valence-electron chi connectivity index (χ1n) is 12.7. The van der Waals surface area contributed by atoms with E-state index in [9.17, 15) is 14.4 Å². The number of carbonyl (C=O) groups is 3. The average molecular weight is 471 g/mol. The number of carbonyl (C=O) groups excluding carboxylic acids is 3. The maximum atomic E-state index is 13.8. The molecule has 188 valence electrons. The highest BCUT2D eigenvalue weighted by molar-refractivity contribution is 5.94. The van der Waals surface area contributed by atoms with Gasteiger partial charge in [0.2, 0.25) is 17.7 Å². The minimum Gasteiger partial charge on any atom is -0.347 e. The van der Waals surface area contributed by atoms with Crippen molar-refractivity contribution in [3.05, 3.63) is 35.4 Å². The summed E-state index contributed by atoms with van der Waals surface area (Å²) in [5.41, 5.74) is 1.98. The molecule has 1 fully saturated rings. The largest absolute Gasteiger partial charge is 0.347 e. The van der Waals surface area contributed by atoms with Crippen molar-refractivity contribution in [2.24, 2.45) is 11.3 Å². The summed E-state index contributed by atoms with van der Waals surface area (Å²) in [5, 5.41) is 9.13. The number of nitrogens with zero attached hydrogens (tertiary/aromatic N) is 1. The summed E-state index contributed by atoms with van der Waals surface area (Å²) in [6, 6.07) is 6.63. The zero-order chi connectivity index (χ0) is 25.0. The van der Waals surface area contributed by atoms with Crippen LogP contribution < -0.4 is 16.0 Å². The Labute approximate surface area is 204 Å². The van der Waals surface area contributed by atoms with Crippen LogP contribution >= 0.6 is 0 Å². The van der Waals surface area contributed by atoms with Crippen molar-refractivity contribution in [3.8, 4) is 0 Å². The van der Waals surface area contributed by atoms with Gasteiger partial charge in [-0.3, -0.25) is 14.4 Å². The van der Waals surface area contributed by atoms with Gasteiger partial charge in [-0.05, 0) is 62.1 Å². The lowest BCUT2D eigenvalue weighted by molar-refractivity contribution is -0.144. The van der Waals surface area contributed by atoms with Crippen LogP contribution in [0.1, 0.15) is 77.5 Å². The lowest BCUT2D eigenvalue weighted by Crippen LogP contribution is -2.59. The van der Waals surface area contributed by atoms with E-state index < -0.39 is 23.5 Å². The monoisotopic (exact) mass is 470 g/mol. The van der Waals surface area contributed by atoms with Gasteiger partial charge in [-0.15, -0.1) is 0 Å². The number of likely N-dealkylation sites (tertiary alicyclic amines) is 1. The molecule has 3 N–H and O–H groups in total. The molecule has 34 heavy (non-hydrogen) atoms. The maximum Gasteiger partial charge on any atom is 0.246 e. The van der Waals surface area contributed by atoms with E-state index in [1.807, 2.05) is 32.9 Å². The molecule has 0 spiro atoms. The van der Waals surface area contributed by atoms with E-state index in [1.165, 1.54) is 11.1 Å². The molecule has 0 aromatic heterocycles. The summed E-state index contributed by atoms with van der Waals surface area (Å²) in [7, 11) is 1.72. The quantitative estimate of drug-likeness (QED) is 0.572.